The van der Waals surface area contributed by atoms with E-state index in [1.165, 1.54) is 31.4 Å². The van der Waals surface area contributed by atoms with Crippen LogP contribution in [0.4, 0.5) is 5.69 Å². The van der Waals surface area contributed by atoms with E-state index in [0.29, 0.717) is 11.6 Å². The van der Waals surface area contributed by atoms with Gasteiger partial charge in [-0.05, 0) is 48.4 Å². The first-order chi connectivity index (χ1) is 13.2. The number of hydrogen-bond donors (Lipinski definition) is 1. The van der Waals surface area contributed by atoms with E-state index in [9.17, 15) is 13.2 Å². The quantitative estimate of drug-likeness (QED) is 0.724. The second-order valence-corrected chi connectivity index (χ2v) is 9.56. The van der Waals surface area contributed by atoms with E-state index in [0.717, 1.165) is 28.8 Å². The van der Waals surface area contributed by atoms with E-state index in [2.05, 4.69) is 4.99 Å². The number of benzene rings is 1. The summed E-state index contributed by atoms with van der Waals surface area (Å²) in [5.74, 6) is 0.608. The zero-order valence-electron chi connectivity index (χ0n) is 16.1. The zero-order chi connectivity index (χ0) is 20.3. The van der Waals surface area contributed by atoms with Crippen LogP contribution in [0.1, 0.15) is 29.5 Å². The number of aliphatic imine (C=N–C) groups is 1. The lowest BCUT2D eigenvalue weighted by Crippen LogP contribution is -2.18. The Morgan fingerprint density at radius 1 is 1.29 bits per heavy atom. The predicted molar refractivity (Wildman–Crippen MR) is 113 cm³/mol. The van der Waals surface area contributed by atoms with Crippen LogP contribution in [0.15, 0.2) is 52.5 Å². The number of nitrogens with zero attached hydrogens (tertiary/aromatic N) is 2. The van der Waals surface area contributed by atoms with Gasteiger partial charge < -0.3 is 10.3 Å². The fraction of sp³-hybridized carbons (Fsp3) is 0.333. The third-order valence-electron chi connectivity index (χ3n) is 4.68. The molecule has 2 N–H and O–H groups in total. The average molecular weight is 400 g/mol. The molecule has 0 aliphatic heterocycles. The highest BCUT2D eigenvalue weighted by Crippen LogP contribution is 2.30. The van der Waals surface area contributed by atoms with Gasteiger partial charge in [-0.1, -0.05) is 18.2 Å². The average Bonchev–Trinajstić information content (AvgIpc) is 3.42. The van der Waals surface area contributed by atoms with E-state index in [1.54, 1.807) is 29.1 Å². The highest BCUT2D eigenvalue weighted by Gasteiger charge is 2.21. The molecule has 1 aliphatic rings. The lowest BCUT2D eigenvalue weighted by atomic mass is 10.00. The van der Waals surface area contributed by atoms with Crippen molar-refractivity contribution in [2.75, 3.05) is 6.26 Å². The molecule has 28 heavy (non-hydrogen) atoms. The Balaban J connectivity index is 1.81. The molecule has 0 atom stereocenters. The smallest absolute Gasteiger partial charge is 0.250 e. The van der Waals surface area contributed by atoms with Crippen molar-refractivity contribution in [1.82, 2.24) is 4.57 Å². The van der Waals surface area contributed by atoms with Gasteiger partial charge >= 0.3 is 0 Å². The summed E-state index contributed by atoms with van der Waals surface area (Å²) in [6, 6.07) is 8.72. The van der Waals surface area contributed by atoms with Gasteiger partial charge in [-0.25, -0.2) is 8.42 Å². The van der Waals surface area contributed by atoms with Gasteiger partial charge in [0.15, 0.2) is 9.84 Å². The summed E-state index contributed by atoms with van der Waals surface area (Å²) in [4.78, 5) is 16.4. The van der Waals surface area contributed by atoms with Gasteiger partial charge in [-0.3, -0.25) is 9.79 Å². The molecule has 0 spiro atoms. The first-order valence-corrected chi connectivity index (χ1v) is 11.3. The minimum absolute atomic E-state index is 0.00637. The summed E-state index contributed by atoms with van der Waals surface area (Å²) in [5.41, 5.74) is 9.74. The fourth-order valence-electron chi connectivity index (χ4n) is 3.10. The summed E-state index contributed by atoms with van der Waals surface area (Å²) in [6.45, 7) is 2.65. The lowest BCUT2D eigenvalue weighted by molar-refractivity contribution is 0.601. The first-order valence-electron chi connectivity index (χ1n) is 9.19. The van der Waals surface area contributed by atoms with Crippen molar-refractivity contribution in [3.05, 3.63) is 69.8 Å². The van der Waals surface area contributed by atoms with Gasteiger partial charge in [0.05, 0.1) is 11.4 Å². The maximum Gasteiger partial charge on any atom is 0.250 e. The number of rotatable bonds is 7. The molecule has 0 unspecified atom stereocenters. The monoisotopic (exact) mass is 399 g/mol. The molecule has 0 bridgehead atoms. The summed E-state index contributed by atoms with van der Waals surface area (Å²) >= 11 is 0. The van der Waals surface area contributed by atoms with Crippen molar-refractivity contribution in [1.29, 1.82) is 0 Å². The van der Waals surface area contributed by atoms with Gasteiger partial charge in [0, 0.05) is 43.1 Å². The molecule has 1 fully saturated rings. The van der Waals surface area contributed by atoms with Gasteiger partial charge in [-0.2, -0.15) is 0 Å². The third kappa shape index (κ3) is 5.42. The molecule has 1 heterocycles. The summed E-state index contributed by atoms with van der Waals surface area (Å²) in [7, 11) is -3.08. The van der Waals surface area contributed by atoms with Crippen LogP contribution >= 0.6 is 0 Å². The summed E-state index contributed by atoms with van der Waals surface area (Å²) < 4.78 is 24.7. The SMILES string of the molecule is Cc1cc(CS(C)(=O)=O)ccc1C(C=Nc1ccc(=O)n(CC2CC2)c1)=CN. The van der Waals surface area contributed by atoms with Crippen LogP contribution in [0.3, 0.4) is 0 Å². The topological polar surface area (TPSA) is 94.5 Å². The maximum atomic E-state index is 12.0. The number of hydrogen-bond acceptors (Lipinski definition) is 5. The van der Waals surface area contributed by atoms with Crippen molar-refractivity contribution in [3.8, 4) is 0 Å². The van der Waals surface area contributed by atoms with Crippen LogP contribution in [0.2, 0.25) is 0 Å². The molecule has 1 aromatic heterocycles. The Hall–Kier alpha value is -2.67. The molecular weight excluding hydrogens is 374 g/mol. The highest BCUT2D eigenvalue weighted by atomic mass is 32.2. The molecule has 3 rings (SSSR count). The molecule has 1 aromatic carbocycles. The Bertz CT molecular complexity index is 1090. The van der Waals surface area contributed by atoms with Crippen molar-refractivity contribution in [3.63, 3.8) is 0 Å². The first kappa shape index (κ1) is 20.1. The van der Waals surface area contributed by atoms with Gasteiger partial charge in [0.2, 0.25) is 0 Å². The van der Waals surface area contributed by atoms with E-state index in [1.807, 2.05) is 19.1 Å². The molecule has 1 saturated carbocycles. The normalized spacial score (nSPS) is 15.3. The summed E-state index contributed by atoms with van der Waals surface area (Å²) in [5, 5.41) is 0. The summed E-state index contributed by atoms with van der Waals surface area (Å²) in [6.07, 6.45) is 8.48. The second-order valence-electron chi connectivity index (χ2n) is 7.42. The third-order valence-corrected chi connectivity index (χ3v) is 5.54. The molecule has 0 saturated heterocycles. The van der Waals surface area contributed by atoms with Crippen molar-refractivity contribution in [2.24, 2.45) is 16.6 Å². The van der Waals surface area contributed by atoms with Crippen LogP contribution in [0, 0.1) is 12.8 Å². The Morgan fingerprint density at radius 3 is 2.64 bits per heavy atom. The lowest BCUT2D eigenvalue weighted by Gasteiger charge is -2.09. The van der Waals surface area contributed by atoms with E-state index < -0.39 is 9.84 Å². The predicted octanol–water partition coefficient (Wildman–Crippen LogP) is 2.81. The van der Waals surface area contributed by atoms with Gasteiger partial charge in [0.25, 0.3) is 5.56 Å². The number of nitrogens with two attached hydrogens (primary N) is 1. The fourth-order valence-corrected chi connectivity index (χ4v) is 3.89. The van der Waals surface area contributed by atoms with Crippen molar-refractivity contribution >= 4 is 27.3 Å². The Kier molecular flexibility index (Phi) is 5.84. The Morgan fingerprint density at radius 2 is 2.04 bits per heavy atom. The number of pyridine rings is 1. The number of aryl methyl sites for hydroxylation is 1. The molecule has 1 aliphatic carbocycles. The molecular formula is C21H25N3O3S. The second kappa shape index (κ2) is 8.14. The van der Waals surface area contributed by atoms with Crippen molar-refractivity contribution in [2.45, 2.75) is 32.1 Å². The molecule has 7 heteroatoms. The Labute approximate surface area is 165 Å². The molecule has 6 nitrogen and oxygen atoms in total. The van der Waals surface area contributed by atoms with E-state index in [4.69, 9.17) is 5.73 Å². The molecule has 2 aromatic rings. The van der Waals surface area contributed by atoms with Gasteiger partial charge in [-0.15, -0.1) is 0 Å². The van der Waals surface area contributed by atoms with E-state index >= 15 is 0 Å². The zero-order valence-corrected chi connectivity index (χ0v) is 16.9. The van der Waals surface area contributed by atoms with Crippen LogP contribution < -0.4 is 11.3 Å². The minimum Gasteiger partial charge on any atom is -0.404 e. The highest BCUT2D eigenvalue weighted by molar-refractivity contribution is 7.89. The number of allylic oxidation sites excluding steroid dienone is 1. The molecule has 0 amide bonds. The standard InChI is InChI=1S/C21H25N3O3S/c1-15-9-17(14-28(2,26)27)5-7-20(15)18(10-22)11-23-19-6-8-21(25)24(13-19)12-16-3-4-16/h5-11,13,16H,3-4,12,14,22H2,1-2H3. The maximum absolute atomic E-state index is 12.0. The van der Waals surface area contributed by atoms with Crippen LogP contribution in [0.5, 0.6) is 0 Å². The van der Waals surface area contributed by atoms with E-state index in [-0.39, 0.29) is 11.3 Å². The number of sulfone groups is 1. The van der Waals surface area contributed by atoms with Crippen LogP contribution in [-0.2, 0) is 22.1 Å². The largest absolute Gasteiger partial charge is 0.404 e. The molecule has 148 valence electrons. The molecule has 0 radical (unpaired) electrons. The van der Waals surface area contributed by atoms with Crippen LogP contribution in [0.25, 0.3) is 5.57 Å². The minimum atomic E-state index is -3.08. The number of aromatic nitrogens is 1. The van der Waals surface area contributed by atoms with Crippen molar-refractivity contribution < 1.29 is 8.42 Å². The van der Waals surface area contributed by atoms with Gasteiger partial charge in [0.1, 0.15) is 0 Å². The van der Waals surface area contributed by atoms with Crippen LogP contribution in [-0.4, -0.2) is 25.5 Å².